The van der Waals surface area contributed by atoms with Crippen molar-refractivity contribution >= 4 is 23.1 Å². The van der Waals surface area contributed by atoms with Crippen LogP contribution in [0.3, 0.4) is 0 Å². The van der Waals surface area contributed by atoms with Gasteiger partial charge in [0, 0.05) is 17.0 Å². The first-order valence-electron chi connectivity index (χ1n) is 6.35. The van der Waals surface area contributed by atoms with Crippen molar-refractivity contribution in [3.63, 3.8) is 0 Å². The Labute approximate surface area is 133 Å². The average Bonchev–Trinajstić information content (AvgIpc) is 2.55. The van der Waals surface area contributed by atoms with Gasteiger partial charge < -0.3 is 10.2 Å². The Kier molecular flexibility index (Phi) is 5.08. The molecule has 0 fully saturated rings. The van der Waals surface area contributed by atoms with E-state index in [-0.39, 0.29) is 0 Å². The predicted molar refractivity (Wildman–Crippen MR) is 80.7 cm³/mol. The number of carbonyl (C=O) groups is 1. The molecule has 2 rings (SSSR count). The number of nitro groups is 2. The minimum absolute atomic E-state index is 0.461. The molecule has 0 saturated heterocycles. The third-order valence-corrected chi connectivity index (χ3v) is 2.65. The van der Waals surface area contributed by atoms with Crippen LogP contribution in [0.4, 0.5) is 21.9 Å². The standard InChI is InChI=1S/C13H9N5O6/c19-13(14-9-5-2-1-3-6-9)15-16-24-11-8-4-7-10(17(20)21)12(11)18(22)23/h1-8H,(H,14,19). The normalized spacial score (nSPS) is 10.3. The smallest absolute Gasteiger partial charge is 0.331 e. The SMILES string of the molecule is O=C(N=NOc1cccc([N+](=O)[O-])c1[N+](=O)[O-])Nc1ccccc1. The third-order valence-electron chi connectivity index (χ3n) is 2.65. The summed E-state index contributed by atoms with van der Waals surface area (Å²) in [4.78, 5) is 36.0. The predicted octanol–water partition coefficient (Wildman–Crippen LogP) is 3.48. The lowest BCUT2D eigenvalue weighted by Crippen LogP contribution is -2.05. The van der Waals surface area contributed by atoms with Gasteiger partial charge in [0.1, 0.15) is 0 Å². The molecule has 2 aromatic carbocycles. The lowest BCUT2D eigenvalue weighted by Gasteiger charge is -2.00. The highest BCUT2D eigenvalue weighted by Gasteiger charge is 2.29. The van der Waals surface area contributed by atoms with Crippen molar-refractivity contribution in [3.05, 3.63) is 68.8 Å². The molecule has 0 heterocycles. The molecule has 122 valence electrons. The second-order valence-electron chi connectivity index (χ2n) is 4.21. The zero-order valence-electron chi connectivity index (χ0n) is 11.9. The third kappa shape index (κ3) is 4.07. The minimum Gasteiger partial charge on any atom is -0.331 e. The molecule has 1 N–H and O–H groups in total. The molecular formula is C13H9N5O6. The second-order valence-corrected chi connectivity index (χ2v) is 4.21. The molecule has 0 bridgehead atoms. The van der Waals surface area contributed by atoms with Crippen molar-refractivity contribution in [2.75, 3.05) is 5.32 Å². The highest BCUT2D eigenvalue weighted by Crippen LogP contribution is 2.36. The van der Waals surface area contributed by atoms with E-state index in [9.17, 15) is 25.0 Å². The van der Waals surface area contributed by atoms with Crippen LogP contribution < -0.4 is 10.2 Å². The first-order chi connectivity index (χ1) is 11.5. The second kappa shape index (κ2) is 7.40. The topological polar surface area (TPSA) is 149 Å². The first kappa shape index (κ1) is 16.5. The van der Waals surface area contributed by atoms with Gasteiger partial charge in [-0.1, -0.05) is 29.4 Å². The highest BCUT2D eigenvalue weighted by molar-refractivity contribution is 5.89. The van der Waals surface area contributed by atoms with E-state index >= 15 is 0 Å². The molecule has 11 heteroatoms. The van der Waals surface area contributed by atoms with Crippen LogP contribution in [0, 0.1) is 20.2 Å². The summed E-state index contributed by atoms with van der Waals surface area (Å²) >= 11 is 0. The van der Waals surface area contributed by atoms with Crippen molar-refractivity contribution < 1.29 is 19.5 Å². The summed E-state index contributed by atoms with van der Waals surface area (Å²) in [6.45, 7) is 0. The van der Waals surface area contributed by atoms with Gasteiger partial charge in [0.2, 0.25) is 5.75 Å². The van der Waals surface area contributed by atoms with Crippen LogP contribution in [0.15, 0.2) is 58.9 Å². The number of nitrogens with zero attached hydrogens (tertiary/aromatic N) is 4. The average molecular weight is 331 g/mol. The maximum absolute atomic E-state index is 11.5. The van der Waals surface area contributed by atoms with Crippen LogP contribution in [0.5, 0.6) is 5.75 Å². The molecule has 0 aliphatic heterocycles. The Bertz CT molecular complexity index is 808. The molecular weight excluding hydrogens is 322 g/mol. The van der Waals surface area contributed by atoms with Crippen molar-refractivity contribution in [2.24, 2.45) is 10.4 Å². The number of para-hydroxylation sites is 2. The number of hydrogen-bond donors (Lipinski definition) is 1. The summed E-state index contributed by atoms with van der Waals surface area (Å²) in [5.41, 5.74) is -1.19. The molecule has 0 aliphatic rings. The van der Waals surface area contributed by atoms with Gasteiger partial charge in [0.15, 0.2) is 0 Å². The Morgan fingerprint density at radius 1 is 1.00 bits per heavy atom. The molecule has 0 atom stereocenters. The van der Waals surface area contributed by atoms with E-state index in [1.165, 1.54) is 6.07 Å². The van der Waals surface area contributed by atoms with E-state index in [1.807, 2.05) is 0 Å². The van der Waals surface area contributed by atoms with Gasteiger partial charge >= 0.3 is 17.4 Å². The summed E-state index contributed by atoms with van der Waals surface area (Å²) in [5.74, 6) is -0.509. The molecule has 0 unspecified atom stereocenters. The molecule has 0 radical (unpaired) electrons. The van der Waals surface area contributed by atoms with Gasteiger partial charge in [-0.2, -0.15) is 0 Å². The fraction of sp³-hybridized carbons (Fsp3) is 0. The number of rotatable bonds is 5. The number of urea groups is 1. The van der Waals surface area contributed by atoms with E-state index in [4.69, 9.17) is 0 Å². The number of amides is 2. The van der Waals surface area contributed by atoms with Gasteiger partial charge in [-0.15, -0.1) is 0 Å². The van der Waals surface area contributed by atoms with Gasteiger partial charge in [0.05, 0.1) is 9.85 Å². The Morgan fingerprint density at radius 2 is 1.71 bits per heavy atom. The van der Waals surface area contributed by atoms with Gasteiger partial charge in [-0.25, -0.2) is 4.79 Å². The van der Waals surface area contributed by atoms with Crippen LogP contribution in [0.1, 0.15) is 0 Å². The number of nitro benzene ring substituents is 2. The number of carbonyl (C=O) groups excluding carboxylic acids is 1. The Morgan fingerprint density at radius 3 is 2.33 bits per heavy atom. The molecule has 0 saturated carbocycles. The number of anilines is 1. The maximum atomic E-state index is 11.5. The lowest BCUT2D eigenvalue weighted by molar-refractivity contribution is -0.423. The quantitative estimate of drug-likeness (QED) is 0.503. The number of nitrogens with one attached hydrogen (secondary N) is 1. The fourth-order valence-electron chi connectivity index (χ4n) is 1.69. The van der Waals surface area contributed by atoms with Gasteiger partial charge in [-0.05, 0) is 18.2 Å². The summed E-state index contributed by atoms with van der Waals surface area (Å²) < 4.78 is 0. The largest absolute Gasteiger partial charge is 0.390 e. The number of benzene rings is 2. The van der Waals surface area contributed by atoms with Gasteiger partial charge in [0.25, 0.3) is 0 Å². The molecule has 2 amide bonds. The van der Waals surface area contributed by atoms with Crippen molar-refractivity contribution in [1.82, 2.24) is 0 Å². The van der Waals surface area contributed by atoms with Crippen molar-refractivity contribution in [1.29, 1.82) is 0 Å². The molecule has 11 nitrogen and oxygen atoms in total. The van der Waals surface area contributed by atoms with Crippen LogP contribution in [0.2, 0.25) is 0 Å². The monoisotopic (exact) mass is 331 g/mol. The van der Waals surface area contributed by atoms with Crippen molar-refractivity contribution in [2.45, 2.75) is 0 Å². The first-order valence-corrected chi connectivity index (χ1v) is 6.35. The van der Waals surface area contributed by atoms with Crippen LogP contribution in [-0.4, -0.2) is 15.9 Å². The molecule has 0 aliphatic carbocycles. The molecule has 24 heavy (non-hydrogen) atoms. The van der Waals surface area contributed by atoms with Gasteiger partial charge in [-0.3, -0.25) is 20.2 Å². The summed E-state index contributed by atoms with van der Waals surface area (Å²) in [5, 5.41) is 30.3. The van der Waals surface area contributed by atoms with E-state index in [2.05, 4.69) is 20.5 Å². The van der Waals surface area contributed by atoms with Crippen LogP contribution >= 0.6 is 0 Å². The van der Waals surface area contributed by atoms with E-state index < -0.39 is 33.0 Å². The summed E-state index contributed by atoms with van der Waals surface area (Å²) in [6, 6.07) is 10.7. The minimum atomic E-state index is -0.979. The van der Waals surface area contributed by atoms with Crippen LogP contribution in [-0.2, 0) is 0 Å². The Balaban J connectivity index is 2.11. The maximum Gasteiger partial charge on any atom is 0.390 e. The lowest BCUT2D eigenvalue weighted by atomic mass is 10.2. The van der Waals surface area contributed by atoms with E-state index in [0.29, 0.717) is 5.69 Å². The molecule has 2 aromatic rings. The molecule has 0 aromatic heterocycles. The van der Waals surface area contributed by atoms with E-state index in [1.54, 1.807) is 30.3 Å². The zero-order chi connectivity index (χ0) is 17.5. The highest BCUT2D eigenvalue weighted by atomic mass is 16.7. The zero-order valence-corrected chi connectivity index (χ0v) is 11.9. The van der Waals surface area contributed by atoms with Crippen LogP contribution in [0.25, 0.3) is 0 Å². The summed E-state index contributed by atoms with van der Waals surface area (Å²) in [6.07, 6.45) is 0. The van der Waals surface area contributed by atoms with Crippen molar-refractivity contribution in [3.8, 4) is 5.75 Å². The van der Waals surface area contributed by atoms with E-state index in [0.717, 1.165) is 12.1 Å². The Hall–Kier alpha value is -3.89. The number of hydrogen-bond acceptors (Lipinski definition) is 7. The fourth-order valence-corrected chi connectivity index (χ4v) is 1.69. The molecule has 0 spiro atoms. The summed E-state index contributed by atoms with van der Waals surface area (Å²) in [7, 11) is 0.